The van der Waals surface area contributed by atoms with Gasteiger partial charge in [0.1, 0.15) is 10.8 Å². The number of thiophene rings is 1. The van der Waals surface area contributed by atoms with E-state index in [0.717, 1.165) is 65.3 Å². The lowest BCUT2D eigenvalue weighted by atomic mass is 10.1. The second-order valence-electron chi connectivity index (χ2n) is 8.90. The molecule has 1 atom stereocenters. The summed E-state index contributed by atoms with van der Waals surface area (Å²) in [5, 5.41) is 3.27. The SMILES string of the molecule is CCOC(=O)c1c(NC(=O)C(C)OC(=O)c2ccc(-c3nc(C)c(C)[nH]3)cc2)sc2c1CCCCC2. The van der Waals surface area contributed by atoms with Gasteiger partial charge in [-0.05, 0) is 71.1 Å². The third kappa shape index (κ3) is 5.51. The van der Waals surface area contributed by atoms with Crippen LogP contribution in [0.3, 0.4) is 0 Å². The zero-order chi connectivity index (χ0) is 25.8. The number of aromatic nitrogens is 2. The van der Waals surface area contributed by atoms with Gasteiger partial charge in [-0.2, -0.15) is 0 Å². The number of amides is 1. The zero-order valence-electron chi connectivity index (χ0n) is 21.0. The number of hydrogen-bond donors (Lipinski definition) is 2. The van der Waals surface area contributed by atoms with Crippen LogP contribution in [0.4, 0.5) is 5.00 Å². The van der Waals surface area contributed by atoms with Crippen molar-refractivity contribution < 1.29 is 23.9 Å². The number of benzene rings is 1. The fourth-order valence-corrected chi connectivity index (χ4v) is 5.47. The molecule has 1 unspecified atom stereocenters. The zero-order valence-corrected chi connectivity index (χ0v) is 21.8. The van der Waals surface area contributed by atoms with E-state index in [1.165, 1.54) is 18.3 Å². The summed E-state index contributed by atoms with van der Waals surface area (Å²) in [6, 6.07) is 6.85. The molecule has 0 aliphatic heterocycles. The molecular formula is C27H31N3O5S. The van der Waals surface area contributed by atoms with E-state index in [9.17, 15) is 14.4 Å². The van der Waals surface area contributed by atoms with Crippen molar-refractivity contribution in [1.29, 1.82) is 0 Å². The molecule has 0 saturated heterocycles. The Morgan fingerprint density at radius 3 is 2.47 bits per heavy atom. The number of nitrogens with one attached hydrogen (secondary N) is 2. The first-order valence-corrected chi connectivity index (χ1v) is 13.1. The molecule has 190 valence electrons. The minimum Gasteiger partial charge on any atom is -0.462 e. The van der Waals surface area contributed by atoms with Crippen LogP contribution in [-0.4, -0.2) is 40.5 Å². The van der Waals surface area contributed by atoms with Gasteiger partial charge in [0.05, 0.1) is 23.4 Å². The molecule has 3 aromatic rings. The van der Waals surface area contributed by atoms with Gasteiger partial charge in [-0.25, -0.2) is 14.6 Å². The monoisotopic (exact) mass is 509 g/mol. The van der Waals surface area contributed by atoms with E-state index in [1.807, 2.05) is 13.8 Å². The Balaban J connectivity index is 1.44. The van der Waals surface area contributed by atoms with Crippen LogP contribution in [0.5, 0.6) is 0 Å². The standard InChI is InChI=1S/C27H31N3O5S/c1-5-34-27(33)22-20-9-7-6-8-10-21(20)36-25(22)30-24(31)17(4)35-26(32)19-13-11-18(12-14-19)23-28-15(2)16(3)29-23/h11-14,17H,5-10H2,1-4H3,(H,28,29)(H,30,31). The molecule has 2 heterocycles. The lowest BCUT2D eigenvalue weighted by Gasteiger charge is -2.14. The number of rotatable bonds is 7. The second kappa shape index (κ2) is 11.1. The van der Waals surface area contributed by atoms with Crippen molar-refractivity contribution in [2.75, 3.05) is 11.9 Å². The number of nitrogens with zero attached hydrogens (tertiary/aromatic N) is 1. The predicted molar refractivity (Wildman–Crippen MR) is 139 cm³/mol. The highest BCUT2D eigenvalue weighted by Crippen LogP contribution is 2.38. The summed E-state index contributed by atoms with van der Waals surface area (Å²) < 4.78 is 10.7. The fourth-order valence-electron chi connectivity index (χ4n) is 4.19. The van der Waals surface area contributed by atoms with Gasteiger partial charge >= 0.3 is 11.9 Å². The molecule has 1 amide bonds. The van der Waals surface area contributed by atoms with Crippen LogP contribution >= 0.6 is 11.3 Å². The van der Waals surface area contributed by atoms with E-state index in [1.54, 1.807) is 31.2 Å². The highest BCUT2D eigenvalue weighted by Gasteiger charge is 2.28. The number of aryl methyl sites for hydroxylation is 3. The highest BCUT2D eigenvalue weighted by atomic mass is 32.1. The Labute approximate surface area is 214 Å². The van der Waals surface area contributed by atoms with Gasteiger partial charge in [0.2, 0.25) is 0 Å². The van der Waals surface area contributed by atoms with Crippen molar-refractivity contribution in [2.24, 2.45) is 0 Å². The van der Waals surface area contributed by atoms with Gasteiger partial charge in [0.25, 0.3) is 5.91 Å². The van der Waals surface area contributed by atoms with Gasteiger partial charge in [-0.15, -0.1) is 11.3 Å². The number of carbonyl (C=O) groups excluding carboxylic acids is 3. The van der Waals surface area contributed by atoms with Gasteiger partial charge in [0, 0.05) is 16.1 Å². The van der Waals surface area contributed by atoms with Crippen molar-refractivity contribution in [3.8, 4) is 11.4 Å². The number of fused-ring (bicyclic) bond motifs is 1. The summed E-state index contributed by atoms with van der Waals surface area (Å²) in [4.78, 5) is 47.1. The second-order valence-corrected chi connectivity index (χ2v) is 10.0. The highest BCUT2D eigenvalue weighted by molar-refractivity contribution is 7.17. The maximum absolute atomic E-state index is 12.9. The summed E-state index contributed by atoms with van der Waals surface area (Å²) in [5.74, 6) is -0.810. The largest absolute Gasteiger partial charge is 0.462 e. The van der Waals surface area contributed by atoms with Crippen LogP contribution < -0.4 is 5.32 Å². The third-order valence-corrected chi connectivity index (χ3v) is 7.52. The van der Waals surface area contributed by atoms with Crippen LogP contribution in [0.2, 0.25) is 0 Å². The number of esters is 2. The molecule has 1 aromatic carbocycles. The third-order valence-electron chi connectivity index (χ3n) is 6.31. The number of anilines is 1. The van der Waals surface area contributed by atoms with Gasteiger partial charge < -0.3 is 19.8 Å². The summed E-state index contributed by atoms with van der Waals surface area (Å²) in [7, 11) is 0. The average Bonchev–Trinajstić information content (AvgIpc) is 3.28. The Kier molecular flexibility index (Phi) is 7.88. The quantitative estimate of drug-likeness (QED) is 0.327. The van der Waals surface area contributed by atoms with E-state index in [-0.39, 0.29) is 6.61 Å². The van der Waals surface area contributed by atoms with Crippen molar-refractivity contribution in [1.82, 2.24) is 9.97 Å². The van der Waals surface area contributed by atoms with Crippen molar-refractivity contribution in [3.63, 3.8) is 0 Å². The number of hydrogen-bond acceptors (Lipinski definition) is 7. The van der Waals surface area contributed by atoms with E-state index in [4.69, 9.17) is 9.47 Å². The summed E-state index contributed by atoms with van der Waals surface area (Å²) in [6.45, 7) is 7.40. The van der Waals surface area contributed by atoms with E-state index >= 15 is 0 Å². The molecule has 2 aromatic heterocycles. The van der Waals surface area contributed by atoms with E-state index < -0.39 is 23.9 Å². The van der Waals surface area contributed by atoms with Crippen LogP contribution in [-0.2, 0) is 27.1 Å². The fraction of sp³-hybridized carbons (Fsp3) is 0.407. The summed E-state index contributed by atoms with van der Waals surface area (Å²) >= 11 is 1.41. The van der Waals surface area contributed by atoms with Gasteiger partial charge in [0.15, 0.2) is 6.10 Å². The summed E-state index contributed by atoms with van der Waals surface area (Å²) in [5.41, 5.74) is 4.48. The average molecular weight is 510 g/mol. The molecule has 0 spiro atoms. The minimum atomic E-state index is -1.05. The number of ether oxygens (including phenoxy) is 2. The lowest BCUT2D eigenvalue weighted by Crippen LogP contribution is -2.30. The Morgan fingerprint density at radius 1 is 1.08 bits per heavy atom. The molecule has 0 radical (unpaired) electrons. The van der Waals surface area contributed by atoms with Crippen molar-refractivity contribution in [3.05, 3.63) is 57.2 Å². The maximum atomic E-state index is 12.9. The number of H-pyrrole nitrogens is 1. The molecule has 1 aliphatic rings. The van der Waals surface area contributed by atoms with Gasteiger partial charge in [-0.1, -0.05) is 18.6 Å². The first-order valence-electron chi connectivity index (χ1n) is 12.3. The van der Waals surface area contributed by atoms with Crippen molar-refractivity contribution in [2.45, 2.75) is 65.9 Å². The molecule has 2 N–H and O–H groups in total. The molecule has 0 fully saturated rings. The van der Waals surface area contributed by atoms with Crippen LogP contribution in [0.1, 0.15) is 75.7 Å². The Morgan fingerprint density at radius 2 is 1.81 bits per heavy atom. The predicted octanol–water partition coefficient (Wildman–Crippen LogP) is 5.38. The van der Waals surface area contributed by atoms with E-state index in [0.29, 0.717) is 16.1 Å². The minimum absolute atomic E-state index is 0.253. The van der Waals surface area contributed by atoms with E-state index in [2.05, 4.69) is 15.3 Å². The molecule has 4 rings (SSSR count). The smallest absolute Gasteiger partial charge is 0.341 e. The Bertz CT molecular complexity index is 1260. The molecule has 9 heteroatoms. The molecule has 36 heavy (non-hydrogen) atoms. The lowest BCUT2D eigenvalue weighted by molar-refractivity contribution is -0.123. The number of carbonyl (C=O) groups is 3. The number of imidazole rings is 1. The van der Waals surface area contributed by atoms with Crippen LogP contribution in [0.25, 0.3) is 11.4 Å². The first-order chi connectivity index (χ1) is 17.3. The first kappa shape index (κ1) is 25.6. The van der Waals surface area contributed by atoms with Gasteiger partial charge in [-0.3, -0.25) is 4.79 Å². The molecule has 8 nitrogen and oxygen atoms in total. The van der Waals surface area contributed by atoms with Crippen LogP contribution in [0, 0.1) is 13.8 Å². The summed E-state index contributed by atoms with van der Waals surface area (Å²) in [6.07, 6.45) is 3.77. The normalized spacial score (nSPS) is 13.9. The van der Waals surface area contributed by atoms with Crippen LogP contribution in [0.15, 0.2) is 24.3 Å². The molecule has 1 aliphatic carbocycles. The Hall–Kier alpha value is -3.46. The van der Waals surface area contributed by atoms with Crippen molar-refractivity contribution >= 4 is 34.2 Å². The topological polar surface area (TPSA) is 110 Å². The maximum Gasteiger partial charge on any atom is 0.341 e. The molecule has 0 bridgehead atoms. The number of aromatic amines is 1. The molecule has 0 saturated carbocycles. The molecular weight excluding hydrogens is 478 g/mol.